The predicted octanol–water partition coefficient (Wildman–Crippen LogP) is 5.47. The Morgan fingerprint density at radius 1 is 0.935 bits per heavy atom. The molecule has 0 atom stereocenters. The fourth-order valence-electron chi connectivity index (χ4n) is 3.49. The van der Waals surface area contributed by atoms with E-state index < -0.39 is 0 Å². The zero-order chi connectivity index (χ0) is 21.0. The Bertz CT molecular complexity index is 1180. The average molecular weight is 409 g/mol. The minimum absolute atomic E-state index is 0.0859. The summed E-state index contributed by atoms with van der Waals surface area (Å²) in [5.41, 5.74) is 3.57. The van der Waals surface area contributed by atoms with Gasteiger partial charge in [0.1, 0.15) is 17.2 Å². The molecule has 1 amide bonds. The monoisotopic (exact) mass is 409 g/mol. The SMILES string of the molecule is O=C(NCC1CC1)c1cncn1-c1cccc(-c2ccc(Oc3ccccc3)cc2)c1. The van der Waals surface area contributed by atoms with E-state index in [1.165, 1.54) is 12.8 Å². The van der Waals surface area contributed by atoms with E-state index in [1.807, 2.05) is 71.3 Å². The molecule has 0 radical (unpaired) electrons. The first-order valence-corrected chi connectivity index (χ1v) is 10.5. The van der Waals surface area contributed by atoms with Crippen LogP contribution in [0.15, 0.2) is 91.4 Å². The Kier molecular flexibility index (Phi) is 5.23. The molecule has 1 aliphatic carbocycles. The second kappa shape index (κ2) is 8.48. The minimum atomic E-state index is -0.0859. The van der Waals surface area contributed by atoms with Crippen molar-refractivity contribution in [2.45, 2.75) is 12.8 Å². The van der Waals surface area contributed by atoms with Crippen LogP contribution in [0.2, 0.25) is 0 Å². The lowest BCUT2D eigenvalue weighted by atomic mass is 10.0. The number of para-hydroxylation sites is 1. The first kappa shape index (κ1) is 19.1. The summed E-state index contributed by atoms with van der Waals surface area (Å²) in [6, 6.07) is 25.8. The number of ether oxygens (including phenoxy) is 1. The molecule has 1 aliphatic rings. The highest BCUT2D eigenvalue weighted by molar-refractivity contribution is 5.93. The summed E-state index contributed by atoms with van der Waals surface area (Å²) in [6.45, 7) is 0.738. The third kappa shape index (κ3) is 4.51. The van der Waals surface area contributed by atoms with Crippen LogP contribution in [-0.4, -0.2) is 22.0 Å². The first-order valence-electron chi connectivity index (χ1n) is 10.5. The van der Waals surface area contributed by atoms with Gasteiger partial charge in [-0.3, -0.25) is 9.36 Å². The Balaban J connectivity index is 1.35. The summed E-state index contributed by atoms with van der Waals surface area (Å²) in [6.07, 6.45) is 5.71. The molecule has 1 saturated carbocycles. The zero-order valence-electron chi connectivity index (χ0n) is 17.1. The molecule has 1 heterocycles. The number of hydrogen-bond donors (Lipinski definition) is 1. The summed E-state index contributed by atoms with van der Waals surface area (Å²) < 4.78 is 7.71. The number of amides is 1. The van der Waals surface area contributed by atoms with Gasteiger partial charge < -0.3 is 10.1 Å². The molecule has 31 heavy (non-hydrogen) atoms. The van der Waals surface area contributed by atoms with Gasteiger partial charge >= 0.3 is 0 Å². The molecule has 5 nitrogen and oxygen atoms in total. The molecule has 0 unspecified atom stereocenters. The fraction of sp³-hybridized carbons (Fsp3) is 0.154. The van der Waals surface area contributed by atoms with Crippen LogP contribution in [0.4, 0.5) is 0 Å². The third-order valence-corrected chi connectivity index (χ3v) is 5.41. The van der Waals surface area contributed by atoms with E-state index in [4.69, 9.17) is 4.74 Å². The van der Waals surface area contributed by atoms with E-state index in [9.17, 15) is 4.79 Å². The molecule has 4 aromatic rings. The first-order chi connectivity index (χ1) is 15.3. The summed E-state index contributed by atoms with van der Waals surface area (Å²) in [5, 5.41) is 3.02. The van der Waals surface area contributed by atoms with E-state index in [2.05, 4.69) is 22.4 Å². The molecular formula is C26H23N3O2. The molecule has 1 aromatic heterocycles. The van der Waals surface area contributed by atoms with Gasteiger partial charge in [0.15, 0.2) is 0 Å². The van der Waals surface area contributed by atoms with Crippen LogP contribution < -0.4 is 10.1 Å². The molecule has 5 rings (SSSR count). The maximum Gasteiger partial charge on any atom is 0.269 e. The Labute approximate surface area is 181 Å². The van der Waals surface area contributed by atoms with Gasteiger partial charge in [-0.25, -0.2) is 4.98 Å². The molecule has 5 heteroatoms. The highest BCUT2D eigenvalue weighted by atomic mass is 16.5. The molecule has 0 spiro atoms. The topological polar surface area (TPSA) is 56.2 Å². The van der Waals surface area contributed by atoms with Crippen molar-refractivity contribution in [2.24, 2.45) is 5.92 Å². The summed E-state index contributed by atoms with van der Waals surface area (Å²) in [7, 11) is 0. The quantitative estimate of drug-likeness (QED) is 0.440. The molecule has 0 bridgehead atoms. The van der Waals surface area contributed by atoms with Crippen LogP contribution in [-0.2, 0) is 0 Å². The van der Waals surface area contributed by atoms with E-state index in [1.54, 1.807) is 12.5 Å². The molecule has 154 valence electrons. The largest absolute Gasteiger partial charge is 0.457 e. The molecule has 1 fully saturated rings. The van der Waals surface area contributed by atoms with Crippen molar-refractivity contribution >= 4 is 5.91 Å². The van der Waals surface area contributed by atoms with Gasteiger partial charge in [0.25, 0.3) is 5.91 Å². The number of rotatable bonds is 7. The van der Waals surface area contributed by atoms with Gasteiger partial charge in [-0.05, 0) is 66.3 Å². The van der Waals surface area contributed by atoms with Crippen LogP contribution in [0.25, 0.3) is 16.8 Å². The van der Waals surface area contributed by atoms with Gasteiger partial charge in [0, 0.05) is 12.2 Å². The lowest BCUT2D eigenvalue weighted by Crippen LogP contribution is -2.27. The van der Waals surface area contributed by atoms with E-state index in [0.717, 1.165) is 34.9 Å². The molecule has 3 aromatic carbocycles. The van der Waals surface area contributed by atoms with Crippen molar-refractivity contribution in [2.75, 3.05) is 6.54 Å². The van der Waals surface area contributed by atoms with Crippen LogP contribution in [0, 0.1) is 5.92 Å². The number of nitrogens with zero attached hydrogens (tertiary/aromatic N) is 2. The maximum atomic E-state index is 12.6. The molecule has 1 N–H and O–H groups in total. The minimum Gasteiger partial charge on any atom is -0.457 e. The van der Waals surface area contributed by atoms with Gasteiger partial charge in [-0.2, -0.15) is 0 Å². The van der Waals surface area contributed by atoms with E-state index in [-0.39, 0.29) is 5.91 Å². The standard InChI is InChI=1S/C26H23N3O2/c30-26(28-16-19-9-10-19)25-17-27-18-29(25)22-6-4-5-21(15-22)20-11-13-24(14-12-20)31-23-7-2-1-3-8-23/h1-8,11-15,17-19H,9-10,16H2,(H,28,30). The number of nitrogens with one attached hydrogen (secondary N) is 1. The number of carbonyl (C=O) groups is 1. The van der Waals surface area contributed by atoms with Crippen molar-refractivity contribution in [3.8, 4) is 28.3 Å². The zero-order valence-corrected chi connectivity index (χ0v) is 17.1. The Morgan fingerprint density at radius 3 is 2.48 bits per heavy atom. The Hall–Kier alpha value is -3.86. The summed E-state index contributed by atoms with van der Waals surface area (Å²) in [4.78, 5) is 16.8. The summed E-state index contributed by atoms with van der Waals surface area (Å²) in [5.74, 6) is 2.15. The fourth-order valence-corrected chi connectivity index (χ4v) is 3.49. The highest BCUT2D eigenvalue weighted by Gasteiger charge is 2.23. The Morgan fingerprint density at radius 2 is 1.71 bits per heavy atom. The van der Waals surface area contributed by atoms with Gasteiger partial charge in [0.2, 0.25) is 0 Å². The average Bonchev–Trinajstić information content (AvgIpc) is 3.52. The van der Waals surface area contributed by atoms with E-state index in [0.29, 0.717) is 11.6 Å². The smallest absolute Gasteiger partial charge is 0.269 e. The van der Waals surface area contributed by atoms with E-state index >= 15 is 0 Å². The number of aromatic nitrogens is 2. The van der Waals surface area contributed by atoms with Crippen molar-refractivity contribution in [1.82, 2.24) is 14.9 Å². The van der Waals surface area contributed by atoms with Gasteiger partial charge in [0.05, 0.1) is 12.5 Å². The second-order valence-electron chi connectivity index (χ2n) is 7.79. The summed E-state index contributed by atoms with van der Waals surface area (Å²) >= 11 is 0. The van der Waals surface area contributed by atoms with Crippen LogP contribution in [0.3, 0.4) is 0 Å². The number of hydrogen-bond acceptors (Lipinski definition) is 3. The lowest BCUT2D eigenvalue weighted by molar-refractivity contribution is 0.0945. The molecular weight excluding hydrogens is 386 g/mol. The van der Waals surface area contributed by atoms with Crippen molar-refractivity contribution < 1.29 is 9.53 Å². The van der Waals surface area contributed by atoms with Crippen LogP contribution >= 0.6 is 0 Å². The lowest BCUT2D eigenvalue weighted by Gasteiger charge is -2.11. The van der Waals surface area contributed by atoms with Crippen LogP contribution in [0.1, 0.15) is 23.3 Å². The van der Waals surface area contributed by atoms with Crippen molar-refractivity contribution in [3.63, 3.8) is 0 Å². The maximum absolute atomic E-state index is 12.6. The van der Waals surface area contributed by atoms with Crippen molar-refractivity contribution in [3.05, 3.63) is 97.1 Å². The van der Waals surface area contributed by atoms with Gasteiger partial charge in [-0.1, -0.05) is 42.5 Å². The van der Waals surface area contributed by atoms with Crippen LogP contribution in [0.5, 0.6) is 11.5 Å². The molecule has 0 aliphatic heterocycles. The number of imidazole rings is 1. The second-order valence-corrected chi connectivity index (χ2v) is 7.79. The number of benzene rings is 3. The normalized spacial score (nSPS) is 13.0. The molecule has 0 saturated heterocycles. The van der Waals surface area contributed by atoms with Crippen molar-refractivity contribution in [1.29, 1.82) is 0 Å². The predicted molar refractivity (Wildman–Crippen MR) is 121 cm³/mol. The number of carbonyl (C=O) groups excluding carboxylic acids is 1. The highest BCUT2D eigenvalue weighted by Crippen LogP contribution is 2.28. The van der Waals surface area contributed by atoms with Gasteiger partial charge in [-0.15, -0.1) is 0 Å². The third-order valence-electron chi connectivity index (χ3n) is 5.41.